The summed E-state index contributed by atoms with van der Waals surface area (Å²) in [4.78, 5) is 0. The minimum absolute atomic E-state index is 0.839. The summed E-state index contributed by atoms with van der Waals surface area (Å²) in [5.41, 5.74) is 0. The quantitative estimate of drug-likeness (QED) is 0.180. The van der Waals surface area contributed by atoms with Crippen LogP contribution in [0.2, 0.25) is 0 Å². The van der Waals surface area contributed by atoms with Crippen LogP contribution in [0.25, 0.3) is 0 Å². The normalized spacial score (nSPS) is 12.6. The molecule has 0 aliphatic heterocycles. The minimum Gasteiger partial charge on any atom is -0.0654 e. The summed E-state index contributed by atoms with van der Waals surface area (Å²) in [6, 6.07) is 0. The highest BCUT2D eigenvalue weighted by Gasteiger charge is 1.98. The van der Waals surface area contributed by atoms with Gasteiger partial charge < -0.3 is 0 Å². The average Bonchev–Trinajstić information content (AvgIpc) is 2.63. The van der Waals surface area contributed by atoms with Gasteiger partial charge in [0.2, 0.25) is 0 Å². The molecule has 0 saturated carbocycles. The first-order valence-electron chi connectivity index (χ1n) is 12.1. The summed E-state index contributed by atoms with van der Waals surface area (Å²) < 4.78 is 0. The van der Waals surface area contributed by atoms with E-state index in [-0.39, 0.29) is 0 Å². The van der Waals surface area contributed by atoms with Crippen molar-refractivity contribution in [1.82, 2.24) is 0 Å². The Hall–Kier alpha value is 0. The van der Waals surface area contributed by atoms with Crippen LogP contribution in [0.1, 0.15) is 149 Å². The van der Waals surface area contributed by atoms with Gasteiger partial charge in [-0.05, 0) is 5.92 Å². The molecule has 0 saturated heterocycles. The highest BCUT2D eigenvalue weighted by Crippen LogP contribution is 2.16. The summed E-state index contributed by atoms with van der Waals surface area (Å²) in [5.74, 6) is 0.839. The first-order valence-corrected chi connectivity index (χ1v) is 12.1. The van der Waals surface area contributed by atoms with Crippen molar-refractivity contribution < 1.29 is 0 Å². The van der Waals surface area contributed by atoms with Crippen LogP contribution in [0.15, 0.2) is 0 Å². The van der Waals surface area contributed by atoms with Crippen molar-refractivity contribution in [2.45, 2.75) is 149 Å². The molecule has 0 spiro atoms. The second kappa shape index (κ2) is 22.0. The van der Waals surface area contributed by atoms with Gasteiger partial charge in [-0.3, -0.25) is 0 Å². The van der Waals surface area contributed by atoms with Gasteiger partial charge in [0, 0.05) is 0 Å². The molecular weight excluding hydrogens is 300 g/mol. The standard InChI is InChI=1S/C25H51/c1-4-6-7-8-9-10-11-12-13-14-15-16-17-18-19-20-21-22-23-24-25(3)5-2/h25H,2,4-24H2,1,3H3. The van der Waals surface area contributed by atoms with Gasteiger partial charge in [-0.25, -0.2) is 0 Å². The zero-order valence-corrected chi connectivity index (χ0v) is 18.1. The molecule has 0 heterocycles. The number of unbranched alkanes of at least 4 members (excludes halogenated alkanes) is 18. The van der Waals surface area contributed by atoms with E-state index in [0.717, 1.165) is 12.3 Å². The van der Waals surface area contributed by atoms with Gasteiger partial charge in [-0.1, -0.05) is 156 Å². The maximum absolute atomic E-state index is 3.99. The maximum atomic E-state index is 3.99. The van der Waals surface area contributed by atoms with Crippen LogP contribution in [0.3, 0.4) is 0 Å². The maximum Gasteiger partial charge on any atom is -0.0443 e. The van der Waals surface area contributed by atoms with E-state index < -0.39 is 0 Å². The van der Waals surface area contributed by atoms with Crippen molar-refractivity contribution in [3.63, 3.8) is 0 Å². The molecule has 0 fully saturated rings. The highest BCUT2D eigenvalue weighted by atomic mass is 14.0. The fourth-order valence-corrected chi connectivity index (χ4v) is 3.72. The van der Waals surface area contributed by atoms with Gasteiger partial charge in [-0.15, -0.1) is 0 Å². The van der Waals surface area contributed by atoms with Crippen molar-refractivity contribution in [2.24, 2.45) is 5.92 Å². The molecule has 0 amide bonds. The smallest absolute Gasteiger partial charge is 0.0443 e. The second-order valence-corrected chi connectivity index (χ2v) is 8.55. The van der Waals surface area contributed by atoms with Crippen molar-refractivity contribution >= 4 is 0 Å². The Bertz CT molecular complexity index is 220. The molecule has 0 rings (SSSR count). The summed E-state index contributed by atoms with van der Waals surface area (Å²) >= 11 is 0. The van der Waals surface area contributed by atoms with E-state index in [0.29, 0.717) is 0 Å². The molecule has 1 radical (unpaired) electrons. The number of rotatable bonds is 21. The zero-order chi connectivity index (χ0) is 18.4. The molecule has 0 bridgehead atoms. The van der Waals surface area contributed by atoms with Gasteiger partial charge in [0.05, 0.1) is 0 Å². The molecule has 1 unspecified atom stereocenters. The van der Waals surface area contributed by atoms with E-state index >= 15 is 0 Å². The monoisotopic (exact) mass is 351 g/mol. The topological polar surface area (TPSA) is 0 Å². The number of hydrogen-bond acceptors (Lipinski definition) is 0. The largest absolute Gasteiger partial charge is 0.0654 e. The van der Waals surface area contributed by atoms with E-state index in [1.54, 1.807) is 0 Å². The minimum atomic E-state index is 0.839. The Labute approximate surface area is 161 Å². The van der Waals surface area contributed by atoms with E-state index in [9.17, 15) is 0 Å². The molecule has 0 aromatic carbocycles. The predicted octanol–water partition coefficient (Wildman–Crippen LogP) is 9.67. The van der Waals surface area contributed by atoms with Crippen LogP contribution >= 0.6 is 0 Å². The van der Waals surface area contributed by atoms with Crippen LogP contribution < -0.4 is 0 Å². The SMILES string of the molecule is [CH2]CC(C)CCCCCCCCCCCCCCCCCCCCC. The molecule has 0 N–H and O–H groups in total. The van der Waals surface area contributed by atoms with Crippen LogP contribution in [0.5, 0.6) is 0 Å². The number of hydrogen-bond donors (Lipinski definition) is 0. The molecule has 0 nitrogen and oxygen atoms in total. The average molecular weight is 352 g/mol. The van der Waals surface area contributed by atoms with Gasteiger partial charge in [0.25, 0.3) is 0 Å². The summed E-state index contributed by atoms with van der Waals surface area (Å²) in [5, 5.41) is 0. The third kappa shape index (κ3) is 22.0. The van der Waals surface area contributed by atoms with E-state index in [1.165, 1.54) is 128 Å². The molecule has 0 aliphatic carbocycles. The molecule has 0 aromatic heterocycles. The first kappa shape index (κ1) is 25.0. The Morgan fingerprint density at radius 1 is 0.480 bits per heavy atom. The fraction of sp³-hybridized carbons (Fsp3) is 0.960. The summed E-state index contributed by atoms with van der Waals surface area (Å²) in [6.07, 6.45) is 30.4. The summed E-state index contributed by atoms with van der Waals surface area (Å²) in [7, 11) is 0. The van der Waals surface area contributed by atoms with Crippen molar-refractivity contribution in [1.29, 1.82) is 0 Å². The highest BCUT2D eigenvalue weighted by molar-refractivity contribution is 4.55. The lowest BCUT2D eigenvalue weighted by molar-refractivity contribution is 0.481. The predicted molar refractivity (Wildman–Crippen MR) is 117 cm³/mol. The summed E-state index contributed by atoms with van der Waals surface area (Å²) in [6.45, 7) is 8.62. The molecule has 1 atom stereocenters. The second-order valence-electron chi connectivity index (χ2n) is 8.55. The Morgan fingerprint density at radius 3 is 1.04 bits per heavy atom. The Balaban J connectivity index is 2.98. The molecule has 0 aliphatic rings. The van der Waals surface area contributed by atoms with Gasteiger partial charge in [0.15, 0.2) is 0 Å². The van der Waals surface area contributed by atoms with Crippen molar-refractivity contribution in [2.75, 3.05) is 0 Å². The van der Waals surface area contributed by atoms with Gasteiger partial charge >= 0.3 is 0 Å². The third-order valence-corrected chi connectivity index (χ3v) is 5.79. The van der Waals surface area contributed by atoms with E-state index in [2.05, 4.69) is 20.8 Å². The lowest BCUT2D eigenvalue weighted by Crippen LogP contribution is -1.91. The fourth-order valence-electron chi connectivity index (χ4n) is 3.72. The van der Waals surface area contributed by atoms with Crippen LogP contribution in [0.4, 0.5) is 0 Å². The van der Waals surface area contributed by atoms with Crippen molar-refractivity contribution in [3.8, 4) is 0 Å². The molecule has 0 aromatic rings. The lowest BCUT2D eigenvalue weighted by Gasteiger charge is -2.07. The third-order valence-electron chi connectivity index (χ3n) is 5.79. The van der Waals surface area contributed by atoms with E-state index in [4.69, 9.17) is 0 Å². The molecule has 25 heavy (non-hydrogen) atoms. The van der Waals surface area contributed by atoms with Crippen LogP contribution in [-0.2, 0) is 0 Å². The molecule has 151 valence electrons. The van der Waals surface area contributed by atoms with Crippen LogP contribution in [0, 0.1) is 12.8 Å². The first-order chi connectivity index (χ1) is 12.3. The lowest BCUT2D eigenvalue weighted by atomic mass is 9.99. The van der Waals surface area contributed by atoms with E-state index in [1.807, 2.05) is 0 Å². The van der Waals surface area contributed by atoms with Crippen molar-refractivity contribution in [3.05, 3.63) is 6.92 Å². The Morgan fingerprint density at radius 2 is 0.760 bits per heavy atom. The molecule has 0 heteroatoms. The van der Waals surface area contributed by atoms with Gasteiger partial charge in [0.1, 0.15) is 0 Å². The zero-order valence-electron chi connectivity index (χ0n) is 18.1. The van der Waals surface area contributed by atoms with Crippen LogP contribution in [-0.4, -0.2) is 0 Å². The Kier molecular flexibility index (Phi) is 22.0. The molecular formula is C25H51. The van der Waals surface area contributed by atoms with Gasteiger partial charge in [-0.2, -0.15) is 0 Å².